The van der Waals surface area contributed by atoms with E-state index in [0.717, 1.165) is 24.3 Å². The average Bonchev–Trinajstić information content (AvgIpc) is 2.53. The first kappa shape index (κ1) is 17.6. The van der Waals surface area contributed by atoms with Crippen molar-refractivity contribution in [3.8, 4) is 0 Å². The molecule has 2 rings (SSSR count). The molecule has 1 saturated heterocycles. The van der Waals surface area contributed by atoms with Gasteiger partial charge in [-0.15, -0.1) is 0 Å². The summed E-state index contributed by atoms with van der Waals surface area (Å²) in [6.07, 6.45) is -4.42. The van der Waals surface area contributed by atoms with Gasteiger partial charge in [0.2, 0.25) is 5.91 Å². The van der Waals surface area contributed by atoms with Crippen molar-refractivity contribution in [2.75, 3.05) is 44.4 Å². The zero-order valence-electron chi connectivity index (χ0n) is 12.6. The van der Waals surface area contributed by atoms with Gasteiger partial charge in [0.05, 0.1) is 13.2 Å². The van der Waals surface area contributed by atoms with E-state index in [1.54, 1.807) is 0 Å². The van der Waals surface area contributed by atoms with Gasteiger partial charge in [-0.25, -0.2) is 0 Å². The van der Waals surface area contributed by atoms with E-state index in [1.807, 2.05) is 24.3 Å². The smallest absolute Gasteiger partial charge is 0.378 e. The predicted octanol–water partition coefficient (Wildman–Crippen LogP) is 1.72. The van der Waals surface area contributed by atoms with Crippen LogP contribution in [0.1, 0.15) is 5.56 Å². The van der Waals surface area contributed by atoms with E-state index in [9.17, 15) is 18.0 Å². The van der Waals surface area contributed by atoms with Gasteiger partial charge < -0.3 is 19.7 Å². The van der Waals surface area contributed by atoms with Crippen molar-refractivity contribution >= 4 is 11.6 Å². The van der Waals surface area contributed by atoms with Crippen LogP contribution in [0, 0.1) is 0 Å². The first-order valence-corrected chi connectivity index (χ1v) is 7.27. The third-order valence-electron chi connectivity index (χ3n) is 3.30. The molecule has 1 amide bonds. The van der Waals surface area contributed by atoms with Crippen LogP contribution in [0.5, 0.6) is 0 Å². The van der Waals surface area contributed by atoms with Crippen LogP contribution in [-0.2, 0) is 20.8 Å². The fraction of sp³-hybridized carbons (Fsp3) is 0.533. The maximum Gasteiger partial charge on any atom is 0.411 e. The van der Waals surface area contributed by atoms with Gasteiger partial charge in [0.15, 0.2) is 0 Å². The van der Waals surface area contributed by atoms with Gasteiger partial charge >= 0.3 is 6.18 Å². The molecule has 0 radical (unpaired) electrons. The molecule has 0 aromatic heterocycles. The van der Waals surface area contributed by atoms with Crippen LogP contribution in [0.4, 0.5) is 18.9 Å². The van der Waals surface area contributed by atoms with Gasteiger partial charge in [-0.3, -0.25) is 4.79 Å². The molecule has 1 aromatic carbocycles. The van der Waals surface area contributed by atoms with E-state index in [-0.39, 0.29) is 6.54 Å². The number of carbonyl (C=O) groups excluding carboxylic acids is 1. The van der Waals surface area contributed by atoms with E-state index in [4.69, 9.17) is 4.74 Å². The number of hydrogen-bond acceptors (Lipinski definition) is 4. The molecular weight excluding hydrogens is 313 g/mol. The Labute approximate surface area is 132 Å². The Morgan fingerprint density at radius 1 is 1.22 bits per heavy atom. The first-order valence-electron chi connectivity index (χ1n) is 7.27. The second-order valence-corrected chi connectivity index (χ2v) is 5.15. The van der Waals surface area contributed by atoms with E-state index >= 15 is 0 Å². The normalized spacial score (nSPS) is 15.5. The highest BCUT2D eigenvalue weighted by atomic mass is 19.4. The number of morpholine rings is 1. The lowest BCUT2D eigenvalue weighted by atomic mass is 10.2. The number of alkyl halides is 3. The fourth-order valence-electron chi connectivity index (χ4n) is 2.16. The molecule has 1 aliphatic rings. The van der Waals surface area contributed by atoms with Crippen molar-refractivity contribution in [2.24, 2.45) is 0 Å². The Balaban J connectivity index is 1.72. The van der Waals surface area contributed by atoms with Crippen LogP contribution in [0.15, 0.2) is 24.3 Å². The third-order valence-corrected chi connectivity index (χ3v) is 3.30. The van der Waals surface area contributed by atoms with Gasteiger partial charge in [-0.1, -0.05) is 12.1 Å². The number of hydrogen-bond donors (Lipinski definition) is 1. The molecule has 0 spiro atoms. The summed E-state index contributed by atoms with van der Waals surface area (Å²) in [7, 11) is 0. The van der Waals surface area contributed by atoms with Crippen LogP contribution in [-0.4, -0.2) is 51.6 Å². The molecule has 1 N–H and O–H groups in total. The molecule has 1 aromatic rings. The van der Waals surface area contributed by atoms with E-state index < -0.39 is 25.3 Å². The lowest BCUT2D eigenvalue weighted by molar-refractivity contribution is -0.175. The van der Waals surface area contributed by atoms with Gasteiger partial charge in [0.25, 0.3) is 0 Å². The van der Waals surface area contributed by atoms with Crippen LogP contribution in [0.25, 0.3) is 0 Å². The van der Waals surface area contributed by atoms with Gasteiger partial charge in [0, 0.05) is 25.3 Å². The highest BCUT2D eigenvalue weighted by Gasteiger charge is 2.27. The van der Waals surface area contributed by atoms with Gasteiger partial charge in [-0.05, 0) is 17.7 Å². The van der Waals surface area contributed by atoms with Crippen molar-refractivity contribution in [1.82, 2.24) is 5.32 Å². The maximum atomic E-state index is 11.9. The number of benzene rings is 1. The van der Waals surface area contributed by atoms with Crippen LogP contribution >= 0.6 is 0 Å². The molecule has 0 atom stereocenters. The molecule has 1 heterocycles. The Morgan fingerprint density at radius 2 is 1.87 bits per heavy atom. The zero-order valence-corrected chi connectivity index (χ0v) is 12.6. The fourth-order valence-corrected chi connectivity index (χ4v) is 2.16. The minimum Gasteiger partial charge on any atom is -0.378 e. The Hall–Kier alpha value is -1.80. The van der Waals surface area contributed by atoms with Crippen molar-refractivity contribution < 1.29 is 27.4 Å². The summed E-state index contributed by atoms with van der Waals surface area (Å²) in [5.41, 5.74) is 1.95. The highest BCUT2D eigenvalue weighted by molar-refractivity contribution is 5.77. The maximum absolute atomic E-state index is 11.9. The summed E-state index contributed by atoms with van der Waals surface area (Å²) in [4.78, 5) is 13.6. The number of nitrogens with one attached hydrogen (secondary N) is 1. The number of carbonyl (C=O) groups is 1. The monoisotopic (exact) mass is 332 g/mol. The molecule has 0 saturated carbocycles. The standard InChI is InChI=1S/C15H19F3N2O3/c16-15(17,18)11-23-10-14(21)19-9-12-1-3-13(4-2-12)20-5-7-22-8-6-20/h1-4H,5-11H2,(H,19,21). The molecule has 0 bridgehead atoms. The number of ether oxygens (including phenoxy) is 2. The van der Waals surface area contributed by atoms with Gasteiger partial charge in [-0.2, -0.15) is 13.2 Å². The molecule has 23 heavy (non-hydrogen) atoms. The number of amides is 1. The lowest BCUT2D eigenvalue weighted by Crippen LogP contribution is -2.36. The molecule has 0 aliphatic carbocycles. The predicted molar refractivity (Wildman–Crippen MR) is 78.2 cm³/mol. The van der Waals surface area contributed by atoms with E-state index in [1.165, 1.54) is 0 Å². The van der Waals surface area contributed by atoms with E-state index in [2.05, 4.69) is 15.0 Å². The third kappa shape index (κ3) is 6.45. The molecule has 1 fully saturated rings. The second-order valence-electron chi connectivity index (χ2n) is 5.15. The number of anilines is 1. The van der Waals surface area contributed by atoms with Crippen molar-refractivity contribution in [3.63, 3.8) is 0 Å². The van der Waals surface area contributed by atoms with Gasteiger partial charge in [0.1, 0.15) is 13.2 Å². The minimum atomic E-state index is -4.42. The molecule has 8 heteroatoms. The lowest BCUT2D eigenvalue weighted by Gasteiger charge is -2.28. The number of rotatable bonds is 6. The topological polar surface area (TPSA) is 50.8 Å². The van der Waals surface area contributed by atoms with Crippen molar-refractivity contribution in [3.05, 3.63) is 29.8 Å². The minimum absolute atomic E-state index is 0.248. The summed E-state index contributed by atoms with van der Waals surface area (Å²) in [5, 5.41) is 2.52. The number of halogens is 3. The summed E-state index contributed by atoms with van der Waals surface area (Å²) >= 11 is 0. The van der Waals surface area contributed by atoms with Crippen molar-refractivity contribution in [1.29, 1.82) is 0 Å². The van der Waals surface area contributed by atoms with Crippen molar-refractivity contribution in [2.45, 2.75) is 12.7 Å². The second kappa shape index (κ2) is 8.16. The first-order chi connectivity index (χ1) is 10.9. The number of nitrogens with zero attached hydrogens (tertiary/aromatic N) is 1. The summed E-state index contributed by atoms with van der Waals surface area (Å²) in [6.45, 7) is 1.31. The summed E-state index contributed by atoms with van der Waals surface area (Å²) < 4.78 is 45.2. The average molecular weight is 332 g/mol. The quantitative estimate of drug-likeness (QED) is 0.862. The molecule has 128 valence electrons. The van der Waals surface area contributed by atoms with Crippen LogP contribution in [0.2, 0.25) is 0 Å². The molecule has 1 aliphatic heterocycles. The summed E-state index contributed by atoms with van der Waals surface area (Å²) in [6, 6.07) is 7.66. The Kier molecular flexibility index (Phi) is 6.23. The highest BCUT2D eigenvalue weighted by Crippen LogP contribution is 2.16. The molecule has 5 nitrogen and oxygen atoms in total. The van der Waals surface area contributed by atoms with Crippen LogP contribution < -0.4 is 10.2 Å². The largest absolute Gasteiger partial charge is 0.411 e. The zero-order chi connectivity index (χ0) is 16.7. The van der Waals surface area contributed by atoms with E-state index in [0.29, 0.717) is 13.2 Å². The Morgan fingerprint density at radius 3 is 2.48 bits per heavy atom. The van der Waals surface area contributed by atoms with Crippen LogP contribution in [0.3, 0.4) is 0 Å². The molecular formula is C15H19F3N2O3. The Bertz CT molecular complexity index is 500. The molecule has 0 unspecified atom stereocenters. The SMILES string of the molecule is O=C(COCC(F)(F)F)NCc1ccc(N2CCOCC2)cc1. The summed E-state index contributed by atoms with van der Waals surface area (Å²) in [5.74, 6) is -0.577.